The molecule has 1 N–H and O–H groups in total. The molecule has 1 fully saturated rings. The van der Waals surface area contributed by atoms with E-state index in [1.54, 1.807) is 0 Å². The van der Waals surface area contributed by atoms with E-state index in [-0.39, 0.29) is 5.54 Å². The Morgan fingerprint density at radius 1 is 1.27 bits per heavy atom. The van der Waals surface area contributed by atoms with Crippen LogP contribution in [0.25, 0.3) is 0 Å². The molecule has 0 bridgehead atoms. The fourth-order valence-electron chi connectivity index (χ4n) is 2.22. The minimum Gasteiger partial charge on any atom is -0.312 e. The second-order valence-corrected chi connectivity index (χ2v) is 5.82. The van der Waals surface area contributed by atoms with Gasteiger partial charge in [0, 0.05) is 24.9 Å². The van der Waals surface area contributed by atoms with Gasteiger partial charge in [-0.05, 0) is 26.7 Å². The first kappa shape index (κ1) is 12.7. The van der Waals surface area contributed by atoms with Crippen molar-refractivity contribution in [1.29, 1.82) is 0 Å². The van der Waals surface area contributed by atoms with Crippen molar-refractivity contribution in [3.05, 3.63) is 0 Å². The maximum absolute atomic E-state index is 11.6. The number of hydrogen-bond acceptors (Lipinski definition) is 2. The van der Waals surface area contributed by atoms with Crippen molar-refractivity contribution in [3.8, 4) is 0 Å². The minimum absolute atomic E-state index is 0.133. The lowest BCUT2D eigenvalue weighted by Gasteiger charge is -2.20. The smallest absolute Gasteiger partial charge is 0.134 e. The Balaban J connectivity index is 2.08. The molecule has 0 saturated heterocycles. The predicted octanol–water partition coefficient (Wildman–Crippen LogP) is 2.91. The zero-order chi connectivity index (χ0) is 11.3. The van der Waals surface area contributed by atoms with Gasteiger partial charge in [-0.15, -0.1) is 0 Å². The third kappa shape index (κ3) is 5.93. The fraction of sp³-hybridized carbons (Fsp3) is 0.923. The SMILES string of the molecule is CC(C)(C)NCCC(=O)CC1CCCC1. The van der Waals surface area contributed by atoms with E-state index in [1.807, 2.05) is 0 Å². The van der Waals surface area contributed by atoms with Gasteiger partial charge in [-0.2, -0.15) is 0 Å². The molecule has 1 saturated carbocycles. The van der Waals surface area contributed by atoms with Gasteiger partial charge in [0.1, 0.15) is 5.78 Å². The number of Topliss-reactive ketones (excluding diaryl/α,β-unsaturated/α-hetero) is 1. The van der Waals surface area contributed by atoms with Crippen LogP contribution in [0.5, 0.6) is 0 Å². The van der Waals surface area contributed by atoms with E-state index < -0.39 is 0 Å². The van der Waals surface area contributed by atoms with E-state index in [4.69, 9.17) is 0 Å². The van der Waals surface area contributed by atoms with Crippen molar-refractivity contribution >= 4 is 5.78 Å². The summed E-state index contributed by atoms with van der Waals surface area (Å²) in [4.78, 5) is 11.6. The molecule has 0 aromatic heterocycles. The van der Waals surface area contributed by atoms with Gasteiger partial charge in [0.05, 0.1) is 0 Å². The summed E-state index contributed by atoms with van der Waals surface area (Å²) < 4.78 is 0. The first-order valence-corrected chi connectivity index (χ1v) is 6.24. The van der Waals surface area contributed by atoms with E-state index in [9.17, 15) is 4.79 Å². The third-order valence-electron chi connectivity index (χ3n) is 3.05. The Morgan fingerprint density at radius 3 is 2.40 bits per heavy atom. The van der Waals surface area contributed by atoms with Gasteiger partial charge >= 0.3 is 0 Å². The molecule has 1 aliphatic rings. The minimum atomic E-state index is 0.133. The lowest BCUT2D eigenvalue weighted by molar-refractivity contribution is -0.119. The lowest BCUT2D eigenvalue weighted by atomic mass is 9.99. The Hall–Kier alpha value is -0.370. The summed E-state index contributed by atoms with van der Waals surface area (Å²) in [6.07, 6.45) is 6.74. The number of carbonyl (C=O) groups excluding carboxylic acids is 1. The number of carbonyl (C=O) groups is 1. The summed E-state index contributed by atoms with van der Waals surface area (Å²) in [5.74, 6) is 1.14. The molecule has 0 heterocycles. The molecule has 1 aliphatic carbocycles. The highest BCUT2D eigenvalue weighted by Gasteiger charge is 2.18. The van der Waals surface area contributed by atoms with Gasteiger partial charge in [0.15, 0.2) is 0 Å². The maximum atomic E-state index is 11.6. The van der Waals surface area contributed by atoms with Crippen LogP contribution in [0.2, 0.25) is 0 Å². The van der Waals surface area contributed by atoms with Crippen LogP contribution < -0.4 is 5.32 Å². The normalized spacial score (nSPS) is 18.3. The van der Waals surface area contributed by atoms with Gasteiger partial charge < -0.3 is 5.32 Å². The molecule has 0 aromatic rings. The van der Waals surface area contributed by atoms with Gasteiger partial charge in [-0.25, -0.2) is 0 Å². The molecule has 2 nitrogen and oxygen atoms in total. The summed E-state index contributed by atoms with van der Waals surface area (Å²) in [7, 11) is 0. The molecule has 0 radical (unpaired) electrons. The highest BCUT2D eigenvalue weighted by molar-refractivity contribution is 5.78. The zero-order valence-electron chi connectivity index (χ0n) is 10.4. The van der Waals surface area contributed by atoms with Crippen molar-refractivity contribution in [2.45, 2.75) is 64.8 Å². The number of ketones is 1. The van der Waals surface area contributed by atoms with Crippen molar-refractivity contribution in [2.24, 2.45) is 5.92 Å². The molecule has 0 atom stereocenters. The first-order valence-electron chi connectivity index (χ1n) is 6.24. The van der Waals surface area contributed by atoms with Crippen LogP contribution >= 0.6 is 0 Å². The van der Waals surface area contributed by atoms with Crippen LogP contribution in [-0.4, -0.2) is 17.9 Å². The first-order chi connectivity index (χ1) is 6.97. The second-order valence-electron chi connectivity index (χ2n) is 5.82. The molecule has 0 aliphatic heterocycles. The number of rotatable bonds is 5. The molecule has 2 heteroatoms. The number of nitrogens with one attached hydrogen (secondary N) is 1. The summed E-state index contributed by atoms with van der Waals surface area (Å²) in [6, 6.07) is 0. The van der Waals surface area contributed by atoms with Crippen LogP contribution in [0.4, 0.5) is 0 Å². The highest BCUT2D eigenvalue weighted by Crippen LogP contribution is 2.27. The fourth-order valence-corrected chi connectivity index (χ4v) is 2.22. The molecule has 0 unspecified atom stereocenters. The van der Waals surface area contributed by atoms with Gasteiger partial charge in [0.2, 0.25) is 0 Å². The highest BCUT2D eigenvalue weighted by atomic mass is 16.1. The van der Waals surface area contributed by atoms with Crippen molar-refractivity contribution < 1.29 is 4.79 Å². The molecule has 15 heavy (non-hydrogen) atoms. The largest absolute Gasteiger partial charge is 0.312 e. The predicted molar refractivity (Wildman–Crippen MR) is 64.0 cm³/mol. The van der Waals surface area contributed by atoms with Crippen LogP contribution in [0, 0.1) is 5.92 Å². The van der Waals surface area contributed by atoms with Gasteiger partial charge in [-0.3, -0.25) is 4.79 Å². The van der Waals surface area contributed by atoms with Gasteiger partial charge in [-0.1, -0.05) is 25.7 Å². The van der Waals surface area contributed by atoms with E-state index in [0.29, 0.717) is 18.1 Å². The van der Waals surface area contributed by atoms with Crippen molar-refractivity contribution in [2.75, 3.05) is 6.54 Å². The molecule has 88 valence electrons. The zero-order valence-corrected chi connectivity index (χ0v) is 10.4. The molecular weight excluding hydrogens is 186 g/mol. The lowest BCUT2D eigenvalue weighted by Crippen LogP contribution is -2.37. The third-order valence-corrected chi connectivity index (χ3v) is 3.05. The summed E-state index contributed by atoms with van der Waals surface area (Å²) in [5, 5.41) is 3.36. The average molecular weight is 211 g/mol. The number of hydrogen-bond donors (Lipinski definition) is 1. The monoisotopic (exact) mass is 211 g/mol. The Labute approximate surface area is 93.8 Å². The van der Waals surface area contributed by atoms with Crippen LogP contribution in [0.1, 0.15) is 59.3 Å². The molecule has 0 aromatic carbocycles. The molecule has 0 amide bonds. The van der Waals surface area contributed by atoms with E-state index in [2.05, 4.69) is 26.1 Å². The maximum Gasteiger partial charge on any atom is 0.134 e. The quantitative estimate of drug-likeness (QED) is 0.757. The standard InChI is InChI=1S/C13H25NO/c1-13(2,3)14-9-8-12(15)10-11-6-4-5-7-11/h11,14H,4-10H2,1-3H3. The summed E-state index contributed by atoms with van der Waals surface area (Å²) in [6.45, 7) is 7.23. The topological polar surface area (TPSA) is 29.1 Å². The molecular formula is C13H25NO. The van der Waals surface area contributed by atoms with E-state index in [0.717, 1.165) is 13.0 Å². The van der Waals surface area contributed by atoms with E-state index in [1.165, 1.54) is 25.7 Å². The van der Waals surface area contributed by atoms with Crippen LogP contribution in [-0.2, 0) is 4.79 Å². The Kier molecular flexibility index (Phi) is 4.78. The van der Waals surface area contributed by atoms with Crippen molar-refractivity contribution in [1.82, 2.24) is 5.32 Å². The van der Waals surface area contributed by atoms with E-state index >= 15 is 0 Å². The molecule has 1 rings (SSSR count). The average Bonchev–Trinajstić information content (AvgIpc) is 2.54. The van der Waals surface area contributed by atoms with Crippen molar-refractivity contribution in [3.63, 3.8) is 0 Å². The summed E-state index contributed by atoms with van der Waals surface area (Å²) in [5.41, 5.74) is 0.133. The summed E-state index contributed by atoms with van der Waals surface area (Å²) >= 11 is 0. The Morgan fingerprint density at radius 2 is 1.87 bits per heavy atom. The Bertz CT molecular complexity index is 199. The second kappa shape index (κ2) is 5.64. The molecule has 0 spiro atoms. The van der Waals surface area contributed by atoms with Crippen LogP contribution in [0.3, 0.4) is 0 Å². The van der Waals surface area contributed by atoms with Crippen LogP contribution in [0.15, 0.2) is 0 Å². The van der Waals surface area contributed by atoms with Gasteiger partial charge in [0.25, 0.3) is 0 Å².